The maximum atomic E-state index is 11.0. The van der Waals surface area contributed by atoms with Gasteiger partial charge in [-0.1, -0.05) is 43.0 Å². The van der Waals surface area contributed by atoms with Crippen molar-refractivity contribution in [2.24, 2.45) is 0 Å². The molecule has 0 spiro atoms. The molecule has 1 nitrogen and oxygen atoms in total. The van der Waals surface area contributed by atoms with Crippen LogP contribution in [0.15, 0.2) is 0 Å². The van der Waals surface area contributed by atoms with Crippen molar-refractivity contribution in [1.82, 2.24) is 0 Å². The quantitative estimate of drug-likeness (QED) is 0.423. The van der Waals surface area contributed by atoms with Crippen LogP contribution in [0.3, 0.4) is 0 Å². The first-order valence-electron chi connectivity index (χ1n) is 3.62. The van der Waals surface area contributed by atoms with Gasteiger partial charge < -0.3 is 0 Å². The lowest BCUT2D eigenvalue weighted by Crippen LogP contribution is -2.18. The predicted octanol–water partition coefficient (Wildman–Crippen LogP) is 3.20. The highest BCUT2D eigenvalue weighted by atomic mass is 35.5. The molecule has 0 atom stereocenters. The Bertz CT molecular complexity index is 131. The van der Waals surface area contributed by atoms with Crippen molar-refractivity contribution in [3.8, 4) is 0 Å². The Morgan fingerprint density at radius 1 is 1.45 bits per heavy atom. The summed E-state index contributed by atoms with van der Waals surface area (Å²) < 4.78 is -1.49. The average molecular weight is 215 g/mol. The zero-order chi connectivity index (χ0) is 8.91. The van der Waals surface area contributed by atoms with Gasteiger partial charge in [-0.15, -0.1) is 12.6 Å². The molecule has 0 radical (unpaired) electrons. The number of hydrogen-bond donors (Lipinski definition) is 1. The van der Waals surface area contributed by atoms with Gasteiger partial charge in [-0.2, -0.15) is 0 Å². The largest absolute Gasteiger partial charge is 0.295 e. The topological polar surface area (TPSA) is 17.1 Å². The summed E-state index contributed by atoms with van der Waals surface area (Å²) in [5.74, 6) is -0.211. The Balaban J connectivity index is 3.54. The van der Waals surface area contributed by atoms with Crippen LogP contribution in [0.1, 0.15) is 32.6 Å². The van der Waals surface area contributed by atoms with E-state index in [2.05, 4.69) is 19.6 Å². The van der Waals surface area contributed by atoms with Crippen molar-refractivity contribution in [3.05, 3.63) is 0 Å². The molecule has 4 heteroatoms. The number of unbranched alkanes of at least 4 members (excludes halogenated alkanes) is 2. The molecule has 0 aromatic rings. The fourth-order valence-corrected chi connectivity index (χ4v) is 0.987. The van der Waals surface area contributed by atoms with E-state index in [0.29, 0.717) is 6.42 Å². The zero-order valence-electron chi connectivity index (χ0n) is 6.44. The van der Waals surface area contributed by atoms with Gasteiger partial charge in [-0.05, 0) is 6.42 Å². The molecule has 0 amide bonds. The molecule has 66 valence electrons. The minimum atomic E-state index is -1.49. The van der Waals surface area contributed by atoms with Crippen LogP contribution in [0.2, 0.25) is 0 Å². The number of rotatable bonds is 5. The van der Waals surface area contributed by atoms with E-state index in [9.17, 15) is 4.79 Å². The van der Waals surface area contributed by atoms with E-state index in [1.54, 1.807) is 0 Å². The van der Waals surface area contributed by atoms with Gasteiger partial charge in [0.1, 0.15) is 0 Å². The summed E-state index contributed by atoms with van der Waals surface area (Å²) in [5, 5.41) is 0. The van der Waals surface area contributed by atoms with Gasteiger partial charge >= 0.3 is 0 Å². The van der Waals surface area contributed by atoms with Crippen LogP contribution in [-0.2, 0) is 4.79 Å². The minimum absolute atomic E-state index is 0.211. The summed E-state index contributed by atoms with van der Waals surface area (Å²) in [6.07, 6.45) is 3.38. The monoisotopic (exact) mass is 214 g/mol. The fraction of sp³-hybridized carbons (Fsp3) is 0.857. The number of carbonyl (C=O) groups excluding carboxylic acids is 1. The highest BCUT2D eigenvalue weighted by molar-refractivity contribution is 7.86. The Hall–Kier alpha value is 0.600. The van der Waals surface area contributed by atoms with Crippen molar-refractivity contribution in [1.29, 1.82) is 0 Å². The van der Waals surface area contributed by atoms with Gasteiger partial charge in [0.15, 0.2) is 5.78 Å². The molecule has 0 unspecified atom stereocenters. The highest BCUT2D eigenvalue weighted by Gasteiger charge is 2.27. The van der Waals surface area contributed by atoms with Crippen LogP contribution in [0.5, 0.6) is 0 Å². The van der Waals surface area contributed by atoms with E-state index in [0.717, 1.165) is 19.3 Å². The molecule has 0 aromatic heterocycles. The third kappa shape index (κ3) is 5.83. The van der Waals surface area contributed by atoms with Gasteiger partial charge in [-0.25, -0.2) is 0 Å². The molecule has 0 saturated carbocycles. The third-order valence-corrected chi connectivity index (χ3v) is 2.01. The van der Waals surface area contributed by atoms with E-state index >= 15 is 0 Å². The number of thiol groups is 1. The first-order valence-corrected chi connectivity index (χ1v) is 4.82. The molecule has 0 fully saturated rings. The molecule has 0 rings (SSSR count). The zero-order valence-corrected chi connectivity index (χ0v) is 8.85. The Kier molecular flexibility index (Phi) is 5.57. The number of alkyl halides is 2. The summed E-state index contributed by atoms with van der Waals surface area (Å²) in [6.45, 7) is 2.07. The summed E-state index contributed by atoms with van der Waals surface area (Å²) in [5.41, 5.74) is 0. The van der Waals surface area contributed by atoms with Gasteiger partial charge in [0.2, 0.25) is 3.67 Å². The molecule has 0 aliphatic heterocycles. The maximum absolute atomic E-state index is 11.0. The molecule has 0 aliphatic rings. The predicted molar refractivity (Wildman–Crippen MR) is 52.6 cm³/mol. The van der Waals surface area contributed by atoms with E-state index in [4.69, 9.17) is 23.2 Å². The van der Waals surface area contributed by atoms with Crippen LogP contribution in [0.4, 0.5) is 0 Å². The number of ketones is 1. The second kappa shape index (κ2) is 5.28. The van der Waals surface area contributed by atoms with E-state index in [1.165, 1.54) is 0 Å². The SMILES string of the molecule is CCCCCC(=O)C(S)(Cl)Cl. The number of halogens is 2. The van der Waals surface area contributed by atoms with Crippen molar-refractivity contribution in [2.45, 2.75) is 36.3 Å². The van der Waals surface area contributed by atoms with Crippen LogP contribution in [0.25, 0.3) is 0 Å². The first-order chi connectivity index (χ1) is 4.98. The molecule has 0 heterocycles. The maximum Gasteiger partial charge on any atom is 0.218 e. The van der Waals surface area contributed by atoms with Crippen molar-refractivity contribution >= 4 is 41.6 Å². The second-order valence-corrected chi connectivity index (χ2v) is 4.95. The van der Waals surface area contributed by atoms with E-state index in [1.807, 2.05) is 0 Å². The van der Waals surface area contributed by atoms with Crippen LogP contribution < -0.4 is 0 Å². The average Bonchev–Trinajstić information content (AvgIpc) is 1.86. The molecule has 0 saturated heterocycles. The lowest BCUT2D eigenvalue weighted by Gasteiger charge is -2.09. The van der Waals surface area contributed by atoms with Gasteiger partial charge in [0, 0.05) is 6.42 Å². The standard InChI is InChI=1S/C7H12Cl2OS/c1-2-3-4-5-6(10)7(8,9)11/h11H,2-5H2,1H3. The lowest BCUT2D eigenvalue weighted by molar-refractivity contribution is -0.118. The molecule has 11 heavy (non-hydrogen) atoms. The van der Waals surface area contributed by atoms with Crippen LogP contribution in [0, 0.1) is 0 Å². The van der Waals surface area contributed by atoms with Gasteiger partial charge in [-0.3, -0.25) is 4.79 Å². The molecular formula is C7H12Cl2OS. The van der Waals surface area contributed by atoms with Crippen molar-refractivity contribution in [2.75, 3.05) is 0 Å². The molecule has 0 aromatic carbocycles. The summed E-state index contributed by atoms with van der Waals surface area (Å²) >= 11 is 14.6. The molecule has 0 aliphatic carbocycles. The Morgan fingerprint density at radius 2 is 2.00 bits per heavy atom. The summed E-state index contributed by atoms with van der Waals surface area (Å²) in [4.78, 5) is 11.0. The Labute approximate surface area is 82.9 Å². The summed E-state index contributed by atoms with van der Waals surface area (Å²) in [7, 11) is 0. The van der Waals surface area contributed by atoms with Crippen molar-refractivity contribution in [3.63, 3.8) is 0 Å². The van der Waals surface area contributed by atoms with Gasteiger partial charge in [0.25, 0.3) is 0 Å². The third-order valence-electron chi connectivity index (χ3n) is 1.34. The molecular weight excluding hydrogens is 203 g/mol. The van der Waals surface area contributed by atoms with E-state index in [-0.39, 0.29) is 5.78 Å². The smallest absolute Gasteiger partial charge is 0.218 e. The van der Waals surface area contributed by atoms with Crippen LogP contribution >= 0.6 is 35.8 Å². The number of Topliss-reactive ketones (excluding diaryl/α,β-unsaturated/α-hetero) is 1. The fourth-order valence-electron chi connectivity index (χ4n) is 0.686. The normalized spacial score (nSPS) is 11.6. The summed E-state index contributed by atoms with van der Waals surface area (Å²) in [6, 6.07) is 0. The Morgan fingerprint density at radius 3 is 2.36 bits per heavy atom. The minimum Gasteiger partial charge on any atom is -0.295 e. The highest BCUT2D eigenvalue weighted by Crippen LogP contribution is 2.28. The second-order valence-electron chi connectivity index (χ2n) is 2.42. The van der Waals surface area contributed by atoms with Crippen molar-refractivity contribution < 1.29 is 4.79 Å². The lowest BCUT2D eigenvalue weighted by atomic mass is 10.1. The van der Waals surface area contributed by atoms with Gasteiger partial charge in [0.05, 0.1) is 0 Å². The number of carbonyl (C=O) groups is 1. The van der Waals surface area contributed by atoms with E-state index < -0.39 is 3.67 Å². The number of hydrogen-bond acceptors (Lipinski definition) is 2. The molecule has 0 bridgehead atoms. The molecule has 0 N–H and O–H groups in total. The van der Waals surface area contributed by atoms with Crippen LogP contribution in [-0.4, -0.2) is 9.45 Å². The first kappa shape index (κ1) is 11.6.